The Morgan fingerprint density at radius 2 is 2.15 bits per heavy atom. The molecule has 1 heteroatoms. The quantitative estimate of drug-likeness (QED) is 0.508. The monoisotopic (exact) mass is 174 g/mol. The van der Waals surface area contributed by atoms with Gasteiger partial charge in [-0.1, -0.05) is 17.7 Å². The van der Waals surface area contributed by atoms with Crippen LogP contribution in [0.15, 0.2) is 30.9 Å². The van der Waals surface area contributed by atoms with E-state index in [9.17, 15) is 4.79 Å². The van der Waals surface area contributed by atoms with E-state index in [2.05, 4.69) is 12.6 Å². The van der Waals surface area contributed by atoms with Gasteiger partial charge in [0.05, 0.1) is 0 Å². The van der Waals surface area contributed by atoms with Gasteiger partial charge in [0.25, 0.3) is 0 Å². The summed E-state index contributed by atoms with van der Waals surface area (Å²) in [6, 6.07) is 5.92. The van der Waals surface area contributed by atoms with Crippen LogP contribution < -0.4 is 0 Å². The van der Waals surface area contributed by atoms with Crippen molar-refractivity contribution >= 4 is 5.78 Å². The van der Waals surface area contributed by atoms with Crippen molar-refractivity contribution in [2.24, 2.45) is 0 Å². The summed E-state index contributed by atoms with van der Waals surface area (Å²) in [5.74, 6) is 0.119. The van der Waals surface area contributed by atoms with E-state index < -0.39 is 0 Å². The summed E-state index contributed by atoms with van der Waals surface area (Å²) in [7, 11) is 0. The van der Waals surface area contributed by atoms with E-state index in [0.717, 1.165) is 23.1 Å². The van der Waals surface area contributed by atoms with E-state index in [1.807, 2.05) is 25.1 Å². The van der Waals surface area contributed by atoms with Crippen molar-refractivity contribution in [1.29, 1.82) is 0 Å². The molecule has 0 bridgehead atoms. The molecule has 0 saturated carbocycles. The van der Waals surface area contributed by atoms with Gasteiger partial charge in [0.2, 0.25) is 0 Å². The molecule has 1 rings (SSSR count). The molecule has 0 heterocycles. The number of ketones is 1. The Bertz CT molecular complexity index is 337. The highest BCUT2D eigenvalue weighted by Gasteiger charge is 2.01. The molecule has 1 aromatic rings. The van der Waals surface area contributed by atoms with E-state index in [4.69, 9.17) is 0 Å². The van der Waals surface area contributed by atoms with Crippen LogP contribution in [0.4, 0.5) is 0 Å². The molecule has 0 spiro atoms. The first-order chi connectivity index (χ1) is 6.13. The van der Waals surface area contributed by atoms with Crippen LogP contribution in [0.2, 0.25) is 0 Å². The molecule has 0 aliphatic carbocycles. The van der Waals surface area contributed by atoms with E-state index in [0.29, 0.717) is 0 Å². The first-order valence-corrected chi connectivity index (χ1v) is 4.36. The SMILES string of the molecule is C=CCc1cc(C)cc(C(C)=O)c1. The molecule has 0 amide bonds. The zero-order chi connectivity index (χ0) is 9.84. The topological polar surface area (TPSA) is 17.1 Å². The van der Waals surface area contributed by atoms with Gasteiger partial charge in [0.1, 0.15) is 0 Å². The van der Waals surface area contributed by atoms with Gasteiger partial charge in [0.15, 0.2) is 5.78 Å². The summed E-state index contributed by atoms with van der Waals surface area (Å²) in [6.45, 7) is 7.26. The van der Waals surface area contributed by atoms with Crippen molar-refractivity contribution in [3.05, 3.63) is 47.5 Å². The van der Waals surface area contributed by atoms with Gasteiger partial charge in [0, 0.05) is 5.56 Å². The number of aryl methyl sites for hydroxylation is 1. The first-order valence-electron chi connectivity index (χ1n) is 4.36. The average molecular weight is 174 g/mol. The maximum Gasteiger partial charge on any atom is 0.159 e. The number of rotatable bonds is 3. The summed E-state index contributed by atoms with van der Waals surface area (Å²) in [5.41, 5.74) is 3.07. The van der Waals surface area contributed by atoms with Gasteiger partial charge in [-0.25, -0.2) is 0 Å². The lowest BCUT2D eigenvalue weighted by atomic mass is 10.0. The maximum absolute atomic E-state index is 11.1. The second kappa shape index (κ2) is 4.04. The molecule has 1 nitrogen and oxygen atoms in total. The molecule has 0 fully saturated rings. The molecule has 0 aliphatic rings. The predicted octanol–water partition coefficient (Wildman–Crippen LogP) is 2.93. The molecule has 68 valence electrons. The fourth-order valence-corrected chi connectivity index (χ4v) is 1.35. The third-order valence-electron chi connectivity index (χ3n) is 1.92. The van der Waals surface area contributed by atoms with Gasteiger partial charge >= 0.3 is 0 Å². The number of Topliss-reactive ketones (excluding diaryl/α,β-unsaturated/α-hetero) is 1. The molecule has 13 heavy (non-hydrogen) atoms. The number of carbonyl (C=O) groups is 1. The van der Waals surface area contributed by atoms with E-state index in [1.165, 1.54) is 0 Å². The van der Waals surface area contributed by atoms with E-state index in [1.54, 1.807) is 6.92 Å². The Morgan fingerprint density at radius 1 is 1.46 bits per heavy atom. The summed E-state index contributed by atoms with van der Waals surface area (Å²) < 4.78 is 0. The van der Waals surface area contributed by atoms with Crippen LogP contribution in [-0.2, 0) is 6.42 Å². The molecule has 0 atom stereocenters. The smallest absolute Gasteiger partial charge is 0.159 e. The first kappa shape index (κ1) is 9.72. The Kier molecular flexibility index (Phi) is 3.02. The standard InChI is InChI=1S/C12H14O/c1-4-5-11-6-9(2)7-12(8-11)10(3)13/h4,6-8H,1,5H2,2-3H3. The summed E-state index contributed by atoms with van der Waals surface area (Å²) in [4.78, 5) is 11.1. The molecule has 0 unspecified atom stereocenters. The second-order valence-corrected chi connectivity index (χ2v) is 3.26. The number of benzene rings is 1. The molecule has 0 N–H and O–H groups in total. The van der Waals surface area contributed by atoms with Crippen LogP contribution in [0.5, 0.6) is 0 Å². The lowest BCUT2D eigenvalue weighted by Gasteiger charge is -2.02. The number of hydrogen-bond donors (Lipinski definition) is 0. The number of hydrogen-bond acceptors (Lipinski definition) is 1. The third-order valence-corrected chi connectivity index (χ3v) is 1.92. The van der Waals surface area contributed by atoms with Crippen LogP contribution in [0.1, 0.15) is 28.4 Å². The molecule has 1 aromatic carbocycles. The van der Waals surface area contributed by atoms with Crippen molar-refractivity contribution in [3.63, 3.8) is 0 Å². The lowest BCUT2D eigenvalue weighted by Crippen LogP contribution is -1.95. The van der Waals surface area contributed by atoms with Crippen molar-refractivity contribution in [3.8, 4) is 0 Å². The largest absolute Gasteiger partial charge is 0.295 e. The van der Waals surface area contributed by atoms with Gasteiger partial charge in [-0.05, 0) is 38.0 Å². The zero-order valence-electron chi connectivity index (χ0n) is 8.13. The molecule has 0 aromatic heterocycles. The molecular formula is C12H14O. The van der Waals surface area contributed by atoms with Crippen LogP contribution in [0, 0.1) is 6.92 Å². The van der Waals surface area contributed by atoms with Crippen molar-refractivity contribution in [2.75, 3.05) is 0 Å². The van der Waals surface area contributed by atoms with Crippen molar-refractivity contribution in [1.82, 2.24) is 0 Å². The Hall–Kier alpha value is -1.37. The lowest BCUT2D eigenvalue weighted by molar-refractivity contribution is 0.101. The Morgan fingerprint density at radius 3 is 2.69 bits per heavy atom. The van der Waals surface area contributed by atoms with Crippen molar-refractivity contribution < 1.29 is 4.79 Å². The molecule has 0 radical (unpaired) electrons. The predicted molar refractivity (Wildman–Crippen MR) is 55.1 cm³/mol. The average Bonchev–Trinajstić information content (AvgIpc) is 2.03. The third kappa shape index (κ3) is 2.55. The minimum Gasteiger partial charge on any atom is -0.295 e. The second-order valence-electron chi connectivity index (χ2n) is 3.26. The van der Waals surface area contributed by atoms with E-state index >= 15 is 0 Å². The highest BCUT2D eigenvalue weighted by molar-refractivity contribution is 5.94. The van der Waals surface area contributed by atoms with Gasteiger partial charge in [-0.2, -0.15) is 0 Å². The molecular weight excluding hydrogens is 160 g/mol. The summed E-state index contributed by atoms with van der Waals surface area (Å²) in [6.07, 6.45) is 2.67. The highest BCUT2D eigenvalue weighted by Crippen LogP contribution is 2.11. The van der Waals surface area contributed by atoms with Crippen LogP contribution in [-0.4, -0.2) is 5.78 Å². The zero-order valence-corrected chi connectivity index (χ0v) is 8.13. The van der Waals surface area contributed by atoms with Crippen LogP contribution in [0.25, 0.3) is 0 Å². The van der Waals surface area contributed by atoms with Crippen LogP contribution >= 0.6 is 0 Å². The van der Waals surface area contributed by atoms with Gasteiger partial charge in [-0.15, -0.1) is 6.58 Å². The Balaban J connectivity index is 3.10. The minimum absolute atomic E-state index is 0.119. The van der Waals surface area contributed by atoms with Crippen molar-refractivity contribution in [2.45, 2.75) is 20.3 Å². The number of carbonyl (C=O) groups excluding carboxylic acids is 1. The fourth-order valence-electron chi connectivity index (χ4n) is 1.35. The number of allylic oxidation sites excluding steroid dienone is 1. The summed E-state index contributed by atoms with van der Waals surface area (Å²) >= 11 is 0. The Labute approximate surface area is 79.1 Å². The maximum atomic E-state index is 11.1. The fraction of sp³-hybridized carbons (Fsp3) is 0.250. The van der Waals surface area contributed by atoms with E-state index in [-0.39, 0.29) is 5.78 Å². The normalized spacial score (nSPS) is 9.69. The highest BCUT2D eigenvalue weighted by atomic mass is 16.1. The summed E-state index contributed by atoms with van der Waals surface area (Å²) in [5, 5.41) is 0. The van der Waals surface area contributed by atoms with Crippen LogP contribution in [0.3, 0.4) is 0 Å². The molecule has 0 saturated heterocycles. The van der Waals surface area contributed by atoms with Gasteiger partial charge in [-0.3, -0.25) is 4.79 Å². The minimum atomic E-state index is 0.119. The molecule has 0 aliphatic heterocycles. The van der Waals surface area contributed by atoms with Gasteiger partial charge < -0.3 is 0 Å².